The lowest BCUT2D eigenvalue weighted by Crippen LogP contribution is -2.51. The Morgan fingerprint density at radius 1 is 0.900 bits per heavy atom. The standard InChI is InChI=1S/C22H31N5O3/c1-3-26-18-6-4-5-7-19(18)27(22(26)30)16-20(28)24-10-8-17(9-11-24)21(29)25-14-12-23(2)13-15-25/h4-7,17H,3,8-16H2,1-2H3. The van der Waals surface area contributed by atoms with Crippen LogP contribution >= 0.6 is 0 Å². The van der Waals surface area contributed by atoms with E-state index in [0.29, 0.717) is 32.5 Å². The van der Waals surface area contributed by atoms with Crippen molar-refractivity contribution >= 4 is 22.8 Å². The maximum absolute atomic E-state index is 12.9. The Morgan fingerprint density at radius 3 is 2.10 bits per heavy atom. The Hall–Kier alpha value is -2.61. The molecule has 2 fully saturated rings. The van der Waals surface area contributed by atoms with Gasteiger partial charge in [-0.05, 0) is 38.9 Å². The lowest BCUT2D eigenvalue weighted by molar-refractivity contribution is -0.142. The number of aryl methyl sites for hydroxylation is 1. The molecule has 30 heavy (non-hydrogen) atoms. The molecule has 2 saturated heterocycles. The third-order valence-corrected chi connectivity index (χ3v) is 6.55. The molecule has 2 aliphatic rings. The number of amides is 2. The minimum absolute atomic E-state index is 0.00202. The van der Waals surface area contributed by atoms with Gasteiger partial charge in [-0.15, -0.1) is 0 Å². The largest absolute Gasteiger partial charge is 0.341 e. The normalized spacial score (nSPS) is 18.9. The number of imidazole rings is 1. The monoisotopic (exact) mass is 413 g/mol. The van der Waals surface area contributed by atoms with Gasteiger partial charge >= 0.3 is 5.69 Å². The van der Waals surface area contributed by atoms with Gasteiger partial charge in [-0.25, -0.2) is 4.79 Å². The number of aromatic nitrogens is 2. The van der Waals surface area contributed by atoms with Crippen LogP contribution in [0, 0.1) is 5.92 Å². The summed E-state index contributed by atoms with van der Waals surface area (Å²) in [5.41, 5.74) is 1.50. The Morgan fingerprint density at radius 2 is 1.50 bits per heavy atom. The van der Waals surface area contributed by atoms with Gasteiger partial charge in [0.25, 0.3) is 0 Å². The SMILES string of the molecule is CCn1c(=O)n(CC(=O)N2CCC(C(=O)N3CCN(C)CC3)CC2)c2ccccc21. The van der Waals surface area contributed by atoms with Gasteiger partial charge in [0.05, 0.1) is 11.0 Å². The van der Waals surface area contributed by atoms with Gasteiger partial charge in [-0.3, -0.25) is 18.7 Å². The first-order valence-corrected chi connectivity index (χ1v) is 10.9. The van der Waals surface area contributed by atoms with Crippen LogP contribution in [0.4, 0.5) is 0 Å². The molecule has 0 unspecified atom stereocenters. The lowest BCUT2D eigenvalue weighted by Gasteiger charge is -2.37. The number of para-hydroxylation sites is 2. The fourth-order valence-electron chi connectivity index (χ4n) is 4.63. The van der Waals surface area contributed by atoms with E-state index in [4.69, 9.17) is 0 Å². The molecule has 2 aliphatic heterocycles. The number of fused-ring (bicyclic) bond motifs is 1. The number of piperazine rings is 1. The summed E-state index contributed by atoms with van der Waals surface area (Å²) < 4.78 is 3.27. The van der Waals surface area contributed by atoms with Crippen LogP contribution in [0.1, 0.15) is 19.8 Å². The molecule has 0 N–H and O–H groups in total. The molecule has 0 atom stereocenters. The number of piperidine rings is 1. The molecular formula is C22H31N5O3. The van der Waals surface area contributed by atoms with Crippen molar-refractivity contribution in [2.45, 2.75) is 32.9 Å². The molecule has 0 aliphatic carbocycles. The van der Waals surface area contributed by atoms with Gasteiger partial charge in [-0.2, -0.15) is 0 Å². The second-order valence-electron chi connectivity index (χ2n) is 8.39. The zero-order valence-electron chi connectivity index (χ0n) is 17.9. The number of carbonyl (C=O) groups is 2. The maximum atomic E-state index is 12.9. The van der Waals surface area contributed by atoms with E-state index in [9.17, 15) is 14.4 Å². The van der Waals surface area contributed by atoms with E-state index < -0.39 is 0 Å². The average Bonchev–Trinajstić information content (AvgIpc) is 3.04. The molecule has 2 amide bonds. The summed E-state index contributed by atoms with van der Waals surface area (Å²) in [5.74, 6) is 0.182. The summed E-state index contributed by atoms with van der Waals surface area (Å²) in [6, 6.07) is 7.59. The first-order valence-electron chi connectivity index (χ1n) is 10.9. The molecule has 1 aromatic carbocycles. The Balaban J connectivity index is 1.39. The van der Waals surface area contributed by atoms with Crippen LogP contribution in [-0.4, -0.2) is 82.0 Å². The molecule has 162 valence electrons. The van der Waals surface area contributed by atoms with Gasteiger partial charge in [0, 0.05) is 51.7 Å². The van der Waals surface area contributed by atoms with Crippen LogP contribution in [0.15, 0.2) is 29.1 Å². The van der Waals surface area contributed by atoms with E-state index in [1.54, 1.807) is 14.0 Å². The number of benzene rings is 1. The quantitative estimate of drug-likeness (QED) is 0.745. The van der Waals surface area contributed by atoms with Crippen LogP contribution in [0.25, 0.3) is 11.0 Å². The molecular weight excluding hydrogens is 382 g/mol. The summed E-state index contributed by atoms with van der Waals surface area (Å²) in [6.45, 7) is 7.12. The van der Waals surface area contributed by atoms with E-state index in [2.05, 4.69) is 11.9 Å². The zero-order valence-corrected chi connectivity index (χ0v) is 17.9. The maximum Gasteiger partial charge on any atom is 0.329 e. The van der Waals surface area contributed by atoms with E-state index in [1.807, 2.05) is 36.1 Å². The molecule has 4 rings (SSSR count). The van der Waals surface area contributed by atoms with E-state index in [1.165, 1.54) is 0 Å². The minimum atomic E-state index is -0.146. The van der Waals surface area contributed by atoms with Gasteiger partial charge in [-0.1, -0.05) is 12.1 Å². The smallest absolute Gasteiger partial charge is 0.329 e. The van der Waals surface area contributed by atoms with Crippen LogP contribution in [-0.2, 0) is 22.7 Å². The highest BCUT2D eigenvalue weighted by atomic mass is 16.2. The van der Waals surface area contributed by atoms with Gasteiger partial charge in [0.2, 0.25) is 11.8 Å². The molecule has 1 aromatic heterocycles. The summed E-state index contributed by atoms with van der Waals surface area (Å²) >= 11 is 0. The zero-order chi connectivity index (χ0) is 21.3. The Labute approximate surface area is 176 Å². The van der Waals surface area contributed by atoms with Gasteiger partial charge < -0.3 is 14.7 Å². The van der Waals surface area contributed by atoms with E-state index in [0.717, 1.165) is 37.2 Å². The summed E-state index contributed by atoms with van der Waals surface area (Å²) in [4.78, 5) is 44.5. The molecule has 3 heterocycles. The van der Waals surface area contributed by atoms with E-state index in [-0.39, 0.29) is 30.0 Å². The number of nitrogens with zero attached hydrogens (tertiary/aromatic N) is 5. The van der Waals surface area contributed by atoms with Crippen LogP contribution in [0.5, 0.6) is 0 Å². The molecule has 2 aromatic rings. The van der Waals surface area contributed by atoms with Crippen molar-refractivity contribution in [3.63, 3.8) is 0 Å². The van der Waals surface area contributed by atoms with Crippen molar-refractivity contribution in [1.29, 1.82) is 0 Å². The number of hydrogen-bond acceptors (Lipinski definition) is 4. The number of rotatable bonds is 4. The number of hydrogen-bond donors (Lipinski definition) is 0. The highest BCUT2D eigenvalue weighted by Gasteiger charge is 2.31. The molecule has 8 nitrogen and oxygen atoms in total. The first kappa shape index (κ1) is 20.7. The van der Waals surface area contributed by atoms with Crippen LogP contribution in [0.3, 0.4) is 0 Å². The van der Waals surface area contributed by atoms with Crippen molar-refractivity contribution in [3.8, 4) is 0 Å². The minimum Gasteiger partial charge on any atom is -0.341 e. The molecule has 0 radical (unpaired) electrons. The predicted molar refractivity (Wildman–Crippen MR) is 115 cm³/mol. The number of carbonyl (C=O) groups excluding carboxylic acids is 2. The van der Waals surface area contributed by atoms with Crippen molar-refractivity contribution in [3.05, 3.63) is 34.7 Å². The Bertz CT molecular complexity index is 978. The number of likely N-dealkylation sites (tertiary alicyclic amines) is 1. The predicted octanol–water partition coefficient (Wildman–Crippen LogP) is 0.836. The highest BCUT2D eigenvalue weighted by Crippen LogP contribution is 2.21. The third-order valence-electron chi connectivity index (χ3n) is 6.55. The summed E-state index contributed by atoms with van der Waals surface area (Å²) in [5, 5.41) is 0. The van der Waals surface area contributed by atoms with E-state index >= 15 is 0 Å². The van der Waals surface area contributed by atoms with Crippen molar-refractivity contribution in [2.75, 3.05) is 46.3 Å². The second kappa shape index (κ2) is 8.63. The van der Waals surface area contributed by atoms with Gasteiger partial charge in [0.1, 0.15) is 6.54 Å². The second-order valence-corrected chi connectivity index (χ2v) is 8.39. The molecule has 0 saturated carbocycles. The van der Waals surface area contributed by atoms with Crippen LogP contribution < -0.4 is 5.69 Å². The van der Waals surface area contributed by atoms with Crippen molar-refractivity contribution < 1.29 is 9.59 Å². The fourth-order valence-corrected chi connectivity index (χ4v) is 4.63. The Kier molecular flexibility index (Phi) is 5.94. The molecule has 0 bridgehead atoms. The molecule has 8 heteroatoms. The summed E-state index contributed by atoms with van der Waals surface area (Å²) in [7, 11) is 2.08. The lowest BCUT2D eigenvalue weighted by atomic mass is 9.95. The topological polar surface area (TPSA) is 70.8 Å². The average molecular weight is 414 g/mol. The van der Waals surface area contributed by atoms with Crippen LogP contribution in [0.2, 0.25) is 0 Å². The number of likely N-dealkylation sites (N-methyl/N-ethyl adjacent to an activating group) is 1. The third kappa shape index (κ3) is 3.88. The highest BCUT2D eigenvalue weighted by molar-refractivity contribution is 5.82. The first-order chi connectivity index (χ1) is 14.5. The fraction of sp³-hybridized carbons (Fsp3) is 0.591. The van der Waals surface area contributed by atoms with Crippen molar-refractivity contribution in [1.82, 2.24) is 23.8 Å². The van der Waals surface area contributed by atoms with Gasteiger partial charge in [0.15, 0.2) is 0 Å². The summed E-state index contributed by atoms with van der Waals surface area (Å²) in [6.07, 6.45) is 1.39. The van der Waals surface area contributed by atoms with Crippen molar-refractivity contribution in [2.24, 2.45) is 5.92 Å². The molecule has 0 spiro atoms.